The lowest BCUT2D eigenvalue weighted by atomic mass is 10.2. The van der Waals surface area contributed by atoms with E-state index in [1.54, 1.807) is 13.2 Å². The average molecular weight is 309 g/mol. The number of nitrogens with zero attached hydrogens (tertiary/aromatic N) is 2. The van der Waals surface area contributed by atoms with Crippen LogP contribution in [0.2, 0.25) is 0 Å². The second kappa shape index (κ2) is 4.81. The van der Waals surface area contributed by atoms with E-state index in [1.165, 1.54) is 4.68 Å². The third-order valence-corrected chi connectivity index (χ3v) is 3.13. The number of amides is 1. The number of hydrogen-bond acceptors (Lipinski definition) is 3. The van der Waals surface area contributed by atoms with Gasteiger partial charge in [-0.3, -0.25) is 9.48 Å². The number of rotatable bonds is 2. The Bertz CT molecular complexity index is 606. The van der Waals surface area contributed by atoms with Gasteiger partial charge in [-0.15, -0.1) is 0 Å². The zero-order valence-corrected chi connectivity index (χ0v) is 11.7. The molecule has 1 heterocycles. The minimum atomic E-state index is -0.320. The van der Waals surface area contributed by atoms with Crippen molar-refractivity contribution in [2.75, 3.05) is 11.1 Å². The van der Waals surface area contributed by atoms with Gasteiger partial charge in [0.15, 0.2) is 5.69 Å². The molecule has 5 nitrogen and oxygen atoms in total. The molecule has 0 fully saturated rings. The number of carbonyl (C=O) groups is 1. The van der Waals surface area contributed by atoms with Gasteiger partial charge in [-0.25, -0.2) is 0 Å². The molecule has 6 heteroatoms. The van der Waals surface area contributed by atoms with Gasteiger partial charge in [-0.1, -0.05) is 6.07 Å². The summed E-state index contributed by atoms with van der Waals surface area (Å²) >= 11 is 3.38. The fourth-order valence-electron chi connectivity index (χ4n) is 1.60. The van der Waals surface area contributed by atoms with Crippen LogP contribution in [0.15, 0.2) is 28.9 Å². The number of halogens is 1. The van der Waals surface area contributed by atoms with Crippen LogP contribution >= 0.6 is 15.9 Å². The van der Waals surface area contributed by atoms with Crippen molar-refractivity contribution in [1.82, 2.24) is 9.78 Å². The highest BCUT2D eigenvalue weighted by atomic mass is 79.9. The van der Waals surface area contributed by atoms with Crippen molar-refractivity contribution < 1.29 is 4.79 Å². The third-order valence-electron chi connectivity index (χ3n) is 2.44. The van der Waals surface area contributed by atoms with Gasteiger partial charge in [0.05, 0.1) is 11.4 Å². The first-order valence-electron chi connectivity index (χ1n) is 5.34. The molecular formula is C12H13BrN4O. The van der Waals surface area contributed by atoms with Crippen LogP contribution < -0.4 is 11.1 Å². The van der Waals surface area contributed by atoms with E-state index in [0.29, 0.717) is 11.4 Å². The maximum atomic E-state index is 12.0. The van der Waals surface area contributed by atoms with Gasteiger partial charge in [0, 0.05) is 17.7 Å². The topological polar surface area (TPSA) is 72.9 Å². The van der Waals surface area contributed by atoms with Crippen LogP contribution in [0.1, 0.15) is 16.1 Å². The molecular weight excluding hydrogens is 296 g/mol. The Morgan fingerprint density at radius 1 is 1.50 bits per heavy atom. The molecule has 1 aromatic heterocycles. The van der Waals surface area contributed by atoms with Crippen LogP contribution in [0.4, 0.5) is 11.4 Å². The molecule has 0 aliphatic rings. The van der Waals surface area contributed by atoms with Crippen LogP contribution in [0.5, 0.6) is 0 Å². The van der Waals surface area contributed by atoms with Crippen LogP contribution in [-0.4, -0.2) is 15.7 Å². The van der Waals surface area contributed by atoms with E-state index in [4.69, 9.17) is 5.73 Å². The highest BCUT2D eigenvalue weighted by Gasteiger charge is 2.15. The Labute approximate surface area is 113 Å². The molecule has 0 aliphatic carbocycles. The van der Waals surface area contributed by atoms with Crippen molar-refractivity contribution >= 4 is 33.2 Å². The monoisotopic (exact) mass is 308 g/mol. The molecule has 0 aliphatic heterocycles. The molecule has 0 atom stereocenters. The summed E-state index contributed by atoms with van der Waals surface area (Å²) in [4.78, 5) is 12.0. The number of carbonyl (C=O) groups excluding carboxylic acids is 1. The number of nitrogen functional groups attached to an aromatic ring is 1. The van der Waals surface area contributed by atoms with Gasteiger partial charge in [0.1, 0.15) is 0 Å². The van der Waals surface area contributed by atoms with E-state index in [0.717, 1.165) is 10.0 Å². The molecule has 2 aromatic rings. The summed E-state index contributed by atoms with van der Waals surface area (Å²) in [5.41, 5.74) is 8.05. The van der Waals surface area contributed by atoms with E-state index in [-0.39, 0.29) is 11.6 Å². The average Bonchev–Trinajstić information content (AvgIpc) is 2.63. The van der Waals surface area contributed by atoms with Crippen LogP contribution in [0.25, 0.3) is 0 Å². The number of aromatic nitrogens is 2. The number of hydrogen-bond donors (Lipinski definition) is 2. The molecule has 1 aromatic carbocycles. The molecule has 94 valence electrons. The van der Waals surface area contributed by atoms with Crippen molar-refractivity contribution in [3.05, 3.63) is 40.1 Å². The van der Waals surface area contributed by atoms with E-state index < -0.39 is 0 Å². The number of nitrogens with two attached hydrogens (primary N) is 1. The molecule has 1 amide bonds. The SMILES string of the molecule is Cc1ccc(Br)c(NC(=O)c2nn(C)cc2N)c1. The first-order chi connectivity index (χ1) is 8.47. The Kier molecular flexibility index (Phi) is 3.38. The zero-order valence-electron chi connectivity index (χ0n) is 10.1. The first kappa shape index (κ1) is 12.6. The second-order valence-electron chi connectivity index (χ2n) is 4.04. The molecule has 0 unspecified atom stereocenters. The summed E-state index contributed by atoms with van der Waals surface area (Å²) in [5.74, 6) is -0.320. The molecule has 2 rings (SSSR count). The minimum absolute atomic E-state index is 0.228. The molecule has 0 bridgehead atoms. The number of aryl methyl sites for hydroxylation is 2. The lowest BCUT2D eigenvalue weighted by Crippen LogP contribution is -2.15. The van der Waals surface area contributed by atoms with Crippen molar-refractivity contribution in [3.63, 3.8) is 0 Å². The second-order valence-corrected chi connectivity index (χ2v) is 4.90. The van der Waals surface area contributed by atoms with Gasteiger partial charge < -0.3 is 11.1 Å². The van der Waals surface area contributed by atoms with Gasteiger partial charge in [0.25, 0.3) is 5.91 Å². The lowest BCUT2D eigenvalue weighted by molar-refractivity contribution is 0.102. The fraction of sp³-hybridized carbons (Fsp3) is 0.167. The Balaban J connectivity index is 2.26. The van der Waals surface area contributed by atoms with Crippen LogP contribution in [0, 0.1) is 6.92 Å². The maximum absolute atomic E-state index is 12.0. The number of anilines is 2. The molecule has 3 N–H and O–H groups in total. The summed E-state index contributed by atoms with van der Waals surface area (Å²) in [6.45, 7) is 1.96. The smallest absolute Gasteiger partial charge is 0.278 e. The Morgan fingerprint density at radius 2 is 2.22 bits per heavy atom. The molecule has 0 spiro atoms. The van der Waals surface area contributed by atoms with Crippen molar-refractivity contribution in [3.8, 4) is 0 Å². The van der Waals surface area contributed by atoms with Gasteiger partial charge >= 0.3 is 0 Å². The number of nitrogens with one attached hydrogen (secondary N) is 1. The van der Waals surface area contributed by atoms with Crippen molar-refractivity contribution in [2.24, 2.45) is 7.05 Å². The van der Waals surface area contributed by atoms with Crippen molar-refractivity contribution in [1.29, 1.82) is 0 Å². The van der Waals surface area contributed by atoms with Crippen LogP contribution in [-0.2, 0) is 7.05 Å². The van der Waals surface area contributed by atoms with E-state index in [2.05, 4.69) is 26.3 Å². The molecule has 0 saturated heterocycles. The summed E-state index contributed by atoms with van der Waals surface area (Å²) in [5, 5.41) is 6.80. The minimum Gasteiger partial charge on any atom is -0.396 e. The Morgan fingerprint density at radius 3 is 2.83 bits per heavy atom. The summed E-state index contributed by atoms with van der Waals surface area (Å²) in [6, 6.07) is 5.71. The largest absolute Gasteiger partial charge is 0.396 e. The highest BCUT2D eigenvalue weighted by Crippen LogP contribution is 2.24. The molecule has 0 radical (unpaired) electrons. The van der Waals surface area contributed by atoms with E-state index >= 15 is 0 Å². The van der Waals surface area contributed by atoms with Crippen molar-refractivity contribution in [2.45, 2.75) is 6.92 Å². The third kappa shape index (κ3) is 2.53. The summed E-state index contributed by atoms with van der Waals surface area (Å²) < 4.78 is 2.33. The van der Waals surface area contributed by atoms with E-state index in [9.17, 15) is 4.79 Å². The summed E-state index contributed by atoms with van der Waals surface area (Å²) in [6.07, 6.45) is 1.60. The van der Waals surface area contributed by atoms with Gasteiger partial charge in [0.2, 0.25) is 0 Å². The quantitative estimate of drug-likeness (QED) is 0.894. The first-order valence-corrected chi connectivity index (χ1v) is 6.13. The molecule has 18 heavy (non-hydrogen) atoms. The predicted octanol–water partition coefficient (Wildman–Crippen LogP) is 2.33. The zero-order chi connectivity index (χ0) is 13.3. The Hall–Kier alpha value is -1.82. The summed E-state index contributed by atoms with van der Waals surface area (Å²) in [7, 11) is 1.72. The normalized spacial score (nSPS) is 10.4. The van der Waals surface area contributed by atoms with Gasteiger partial charge in [-0.05, 0) is 40.5 Å². The standard InChI is InChI=1S/C12H13BrN4O/c1-7-3-4-8(13)10(5-7)15-12(18)11-9(14)6-17(2)16-11/h3-6H,14H2,1-2H3,(H,15,18). The highest BCUT2D eigenvalue weighted by molar-refractivity contribution is 9.10. The van der Waals surface area contributed by atoms with E-state index in [1.807, 2.05) is 25.1 Å². The van der Waals surface area contributed by atoms with Crippen LogP contribution in [0.3, 0.4) is 0 Å². The number of benzene rings is 1. The maximum Gasteiger partial charge on any atom is 0.278 e. The predicted molar refractivity (Wildman–Crippen MR) is 74.5 cm³/mol. The molecule has 0 saturated carbocycles. The van der Waals surface area contributed by atoms with Gasteiger partial charge in [-0.2, -0.15) is 5.10 Å². The lowest BCUT2D eigenvalue weighted by Gasteiger charge is -2.07. The fourth-order valence-corrected chi connectivity index (χ4v) is 1.95.